The molecule has 6 nitrogen and oxygen atoms in total. The van der Waals surface area contributed by atoms with E-state index in [1.165, 1.54) is 6.33 Å². The van der Waals surface area contributed by atoms with Crippen LogP contribution in [-0.4, -0.2) is 30.6 Å². The normalized spacial score (nSPS) is 10.5. The molecule has 0 atom stereocenters. The number of nitrogens with zero attached hydrogens (tertiary/aromatic N) is 4. The Morgan fingerprint density at radius 1 is 1.04 bits per heavy atom. The van der Waals surface area contributed by atoms with Crippen molar-refractivity contribution in [1.82, 2.24) is 19.5 Å². The number of aliphatic carboxylic acids is 1. The molecule has 0 unspecified atom stereocenters. The van der Waals surface area contributed by atoms with Crippen molar-refractivity contribution in [2.24, 2.45) is 0 Å². The summed E-state index contributed by atoms with van der Waals surface area (Å²) in [5, 5.41) is 8.86. The van der Waals surface area contributed by atoms with E-state index in [0.717, 1.165) is 33.4 Å². The van der Waals surface area contributed by atoms with E-state index in [-0.39, 0.29) is 26.7 Å². The van der Waals surface area contributed by atoms with E-state index in [4.69, 9.17) is 5.11 Å². The largest absolute Gasteiger partial charge is 1.00 e. The number of carbonyl (C=O) groups is 1. The van der Waals surface area contributed by atoms with Crippen molar-refractivity contribution in [2.45, 2.75) is 6.42 Å². The van der Waals surface area contributed by atoms with E-state index in [1.807, 2.05) is 47.0 Å². The van der Waals surface area contributed by atoms with Crippen LogP contribution in [0.2, 0.25) is 0 Å². The summed E-state index contributed by atoms with van der Waals surface area (Å²) in [6.45, 7) is 0. The maximum absolute atomic E-state index is 10.8. The molecule has 26 heavy (non-hydrogen) atoms. The van der Waals surface area contributed by atoms with Gasteiger partial charge in [-0.1, -0.05) is 18.2 Å². The number of hydrogen-bond donors (Lipinski definition) is 1. The van der Waals surface area contributed by atoms with Gasteiger partial charge in [-0.25, -0.2) is 15.0 Å². The standard InChI is InChI=1S/C19H14N4O2.Li.H/c24-19(25)7-13-1-4-16(5-2-13)23-12-22-17-8-14(3-6-18(17)23)15-9-20-11-21-10-15;;/h1-6,8-12H,7H2,(H,24,25);;/q;+1;-1. The molecule has 0 aliphatic heterocycles. The van der Waals surface area contributed by atoms with Gasteiger partial charge in [-0.2, -0.15) is 0 Å². The van der Waals surface area contributed by atoms with Crippen LogP contribution in [0, 0.1) is 0 Å². The number of aromatic nitrogens is 4. The summed E-state index contributed by atoms with van der Waals surface area (Å²) >= 11 is 0. The van der Waals surface area contributed by atoms with Crippen LogP contribution in [0.5, 0.6) is 0 Å². The van der Waals surface area contributed by atoms with Crippen LogP contribution < -0.4 is 18.9 Å². The fourth-order valence-electron chi connectivity index (χ4n) is 2.80. The Labute approximate surface area is 163 Å². The Kier molecular flexibility index (Phi) is 5.17. The second-order valence-corrected chi connectivity index (χ2v) is 5.68. The van der Waals surface area contributed by atoms with E-state index in [2.05, 4.69) is 15.0 Å². The predicted molar refractivity (Wildman–Crippen MR) is 94.5 cm³/mol. The van der Waals surface area contributed by atoms with E-state index in [9.17, 15) is 4.79 Å². The zero-order chi connectivity index (χ0) is 17.2. The van der Waals surface area contributed by atoms with E-state index in [1.54, 1.807) is 18.7 Å². The quantitative estimate of drug-likeness (QED) is 0.539. The number of hydrogen-bond acceptors (Lipinski definition) is 4. The Bertz CT molecular complexity index is 1050. The third-order valence-electron chi connectivity index (χ3n) is 4.01. The third kappa shape index (κ3) is 3.52. The van der Waals surface area contributed by atoms with Crippen molar-refractivity contribution in [2.75, 3.05) is 0 Å². The number of carboxylic acids is 1. The molecule has 0 bridgehead atoms. The first-order valence-corrected chi connectivity index (χ1v) is 7.74. The summed E-state index contributed by atoms with van der Waals surface area (Å²) in [6, 6.07) is 13.5. The second-order valence-electron chi connectivity index (χ2n) is 5.68. The third-order valence-corrected chi connectivity index (χ3v) is 4.01. The monoisotopic (exact) mass is 338 g/mol. The van der Waals surface area contributed by atoms with Gasteiger partial charge in [0.1, 0.15) is 12.7 Å². The Hall–Kier alpha value is -2.94. The van der Waals surface area contributed by atoms with Crippen LogP contribution in [0.3, 0.4) is 0 Å². The minimum absolute atomic E-state index is 0. The van der Waals surface area contributed by atoms with Gasteiger partial charge in [0, 0.05) is 23.6 Å². The van der Waals surface area contributed by atoms with Gasteiger partial charge < -0.3 is 6.53 Å². The molecule has 0 aliphatic carbocycles. The molecule has 0 saturated carbocycles. The average Bonchev–Trinajstić information content (AvgIpc) is 3.06. The van der Waals surface area contributed by atoms with Crippen LogP contribution in [0.15, 0.2) is 67.5 Å². The van der Waals surface area contributed by atoms with Gasteiger partial charge in [0.05, 0.1) is 17.5 Å². The van der Waals surface area contributed by atoms with Crippen LogP contribution in [0.4, 0.5) is 0 Å². The molecule has 0 aliphatic rings. The van der Waals surface area contributed by atoms with Crippen molar-refractivity contribution in [3.05, 3.63) is 73.1 Å². The van der Waals surface area contributed by atoms with E-state index in [0.29, 0.717) is 0 Å². The van der Waals surface area contributed by atoms with Crippen molar-refractivity contribution in [3.8, 4) is 16.8 Å². The number of benzene rings is 2. The molecular formula is C19H15LiN4O2. The molecule has 0 radical (unpaired) electrons. The molecule has 2 heterocycles. The number of carboxylic acid groups (broad SMARTS) is 1. The summed E-state index contributed by atoms with van der Waals surface area (Å²) in [7, 11) is 0. The van der Waals surface area contributed by atoms with Gasteiger partial charge in [0.15, 0.2) is 0 Å². The van der Waals surface area contributed by atoms with Crippen molar-refractivity contribution in [1.29, 1.82) is 0 Å². The zero-order valence-electron chi connectivity index (χ0n) is 15.2. The summed E-state index contributed by atoms with van der Waals surface area (Å²) in [6.07, 6.45) is 6.83. The minimum Gasteiger partial charge on any atom is -1.00 e. The smallest absolute Gasteiger partial charge is 1.00 e. The summed E-state index contributed by atoms with van der Waals surface area (Å²) < 4.78 is 1.98. The van der Waals surface area contributed by atoms with Crippen LogP contribution in [0.25, 0.3) is 27.8 Å². The fraction of sp³-hybridized carbons (Fsp3) is 0.0526. The fourth-order valence-corrected chi connectivity index (χ4v) is 2.80. The molecule has 0 amide bonds. The molecule has 4 rings (SSSR count). The topological polar surface area (TPSA) is 80.9 Å². The minimum atomic E-state index is -0.835. The van der Waals surface area contributed by atoms with Gasteiger partial charge in [-0.15, -0.1) is 0 Å². The summed E-state index contributed by atoms with van der Waals surface area (Å²) in [5.41, 5.74) is 5.51. The first-order chi connectivity index (χ1) is 12.2. The van der Waals surface area contributed by atoms with Crippen LogP contribution >= 0.6 is 0 Å². The molecule has 124 valence electrons. The molecular weight excluding hydrogens is 323 g/mol. The molecule has 0 saturated heterocycles. The number of fused-ring (bicyclic) bond motifs is 1. The number of rotatable bonds is 4. The van der Waals surface area contributed by atoms with Gasteiger partial charge in [-0.3, -0.25) is 9.36 Å². The number of imidazole rings is 1. The van der Waals surface area contributed by atoms with Crippen molar-refractivity contribution in [3.63, 3.8) is 0 Å². The maximum Gasteiger partial charge on any atom is 1.00 e. The van der Waals surface area contributed by atoms with Gasteiger partial charge >= 0.3 is 24.8 Å². The molecule has 2 aromatic carbocycles. The molecule has 2 aromatic heterocycles. The Morgan fingerprint density at radius 3 is 2.46 bits per heavy atom. The maximum atomic E-state index is 10.8. The molecule has 0 fully saturated rings. The second kappa shape index (κ2) is 7.52. The van der Waals surface area contributed by atoms with Gasteiger partial charge in [0.25, 0.3) is 0 Å². The summed E-state index contributed by atoms with van der Waals surface area (Å²) in [4.78, 5) is 23.4. The SMILES string of the molecule is O=C(O)Cc1ccc(-n2cnc3cc(-c4cncnc4)ccc32)cc1.[H-].[Li+]. The van der Waals surface area contributed by atoms with Gasteiger partial charge in [-0.05, 0) is 35.4 Å². The zero-order valence-corrected chi connectivity index (χ0v) is 14.2. The van der Waals surface area contributed by atoms with Crippen molar-refractivity contribution < 1.29 is 30.2 Å². The van der Waals surface area contributed by atoms with Crippen LogP contribution in [-0.2, 0) is 11.2 Å². The van der Waals surface area contributed by atoms with Crippen LogP contribution in [0.1, 0.15) is 6.99 Å². The van der Waals surface area contributed by atoms with Crippen molar-refractivity contribution >= 4 is 17.0 Å². The predicted octanol–water partition coefficient (Wildman–Crippen LogP) is 0.226. The summed E-state index contributed by atoms with van der Waals surface area (Å²) in [5.74, 6) is -0.835. The van der Waals surface area contributed by atoms with E-state index < -0.39 is 5.97 Å². The first kappa shape index (κ1) is 17.9. The molecule has 4 aromatic rings. The Balaban J connectivity index is 0.00000131. The van der Waals surface area contributed by atoms with Gasteiger partial charge in [0.2, 0.25) is 0 Å². The van der Waals surface area contributed by atoms with E-state index >= 15 is 0 Å². The first-order valence-electron chi connectivity index (χ1n) is 7.74. The molecule has 0 spiro atoms. The average molecular weight is 338 g/mol. The Morgan fingerprint density at radius 2 is 1.77 bits per heavy atom. The molecule has 1 N–H and O–H groups in total. The molecule has 7 heteroatoms.